The zero-order chi connectivity index (χ0) is 21.8. The van der Waals surface area contributed by atoms with E-state index in [4.69, 9.17) is 0 Å². The van der Waals surface area contributed by atoms with Gasteiger partial charge in [-0.3, -0.25) is 19.6 Å². The van der Waals surface area contributed by atoms with E-state index < -0.39 is 16.8 Å². The van der Waals surface area contributed by atoms with Crippen LogP contribution in [0, 0.1) is 29.8 Å². The first-order valence-electron chi connectivity index (χ1n) is 9.25. The molecule has 0 saturated carbocycles. The van der Waals surface area contributed by atoms with E-state index in [0.717, 1.165) is 5.56 Å². The summed E-state index contributed by atoms with van der Waals surface area (Å²) in [6.07, 6.45) is -1.02. The van der Waals surface area contributed by atoms with E-state index in [1.54, 1.807) is 48.9 Å². The fourth-order valence-corrected chi connectivity index (χ4v) is 3.16. The topological polar surface area (TPSA) is 110 Å². The lowest BCUT2D eigenvalue weighted by Gasteiger charge is -2.12. The summed E-state index contributed by atoms with van der Waals surface area (Å²) in [6.45, 7) is 3.51. The average Bonchev–Trinajstić information content (AvgIpc) is 2.99. The Labute approximate surface area is 172 Å². The first kappa shape index (κ1) is 21.1. The molecule has 0 bridgehead atoms. The molecule has 3 rings (SSSR count). The molecule has 1 aromatic heterocycles. The third-order valence-electron chi connectivity index (χ3n) is 4.76. The van der Waals surface area contributed by atoms with Gasteiger partial charge in [0.1, 0.15) is 17.2 Å². The van der Waals surface area contributed by atoms with Crippen LogP contribution in [-0.2, 0) is 6.54 Å². The molecule has 1 unspecified atom stereocenters. The predicted molar refractivity (Wildman–Crippen MR) is 108 cm³/mol. The van der Waals surface area contributed by atoms with Crippen molar-refractivity contribution in [1.82, 2.24) is 15.1 Å². The van der Waals surface area contributed by atoms with Gasteiger partial charge in [-0.2, -0.15) is 5.10 Å². The SMILES string of the molecule is Cc1nn(Cc2ccc(C(=O)NCC(O)c3cccc(F)c3)cc2)c(C)c1[N+](=O)[O-]. The number of hydrogen-bond donors (Lipinski definition) is 2. The number of carbonyl (C=O) groups is 1. The van der Waals surface area contributed by atoms with E-state index in [1.807, 2.05) is 0 Å². The lowest BCUT2D eigenvalue weighted by molar-refractivity contribution is -0.386. The number of aryl methyl sites for hydroxylation is 1. The molecule has 1 amide bonds. The molecule has 2 aromatic carbocycles. The summed E-state index contributed by atoms with van der Waals surface area (Å²) in [4.78, 5) is 23.0. The smallest absolute Gasteiger partial charge is 0.312 e. The van der Waals surface area contributed by atoms with Gasteiger partial charge >= 0.3 is 5.69 Å². The molecule has 0 aliphatic heterocycles. The van der Waals surface area contributed by atoms with Gasteiger partial charge in [0.15, 0.2) is 0 Å². The second kappa shape index (κ2) is 8.83. The number of halogens is 1. The molecule has 8 nitrogen and oxygen atoms in total. The van der Waals surface area contributed by atoms with Crippen molar-refractivity contribution in [2.24, 2.45) is 0 Å². The molecular weight excluding hydrogens is 391 g/mol. The first-order chi connectivity index (χ1) is 14.3. The Hall–Kier alpha value is -3.59. The van der Waals surface area contributed by atoms with Gasteiger partial charge in [0, 0.05) is 12.1 Å². The van der Waals surface area contributed by atoms with Crippen molar-refractivity contribution in [2.45, 2.75) is 26.5 Å². The van der Waals surface area contributed by atoms with Gasteiger partial charge in [0.05, 0.1) is 17.6 Å². The van der Waals surface area contributed by atoms with E-state index in [9.17, 15) is 24.4 Å². The largest absolute Gasteiger partial charge is 0.387 e. The van der Waals surface area contributed by atoms with Crippen LogP contribution in [-0.4, -0.2) is 32.3 Å². The molecule has 1 heterocycles. The number of amides is 1. The van der Waals surface area contributed by atoms with Crippen molar-refractivity contribution >= 4 is 11.6 Å². The van der Waals surface area contributed by atoms with Gasteiger partial charge < -0.3 is 10.4 Å². The highest BCUT2D eigenvalue weighted by Gasteiger charge is 2.21. The zero-order valence-corrected chi connectivity index (χ0v) is 16.5. The number of aliphatic hydroxyl groups excluding tert-OH is 1. The van der Waals surface area contributed by atoms with Crippen molar-refractivity contribution < 1.29 is 19.2 Å². The Balaban J connectivity index is 1.62. The minimum Gasteiger partial charge on any atom is -0.387 e. The lowest BCUT2D eigenvalue weighted by Crippen LogP contribution is -2.28. The maximum absolute atomic E-state index is 13.2. The maximum atomic E-state index is 13.2. The standard InChI is InChI=1S/C21H21FN4O4/c1-13-20(26(29)30)14(2)25(24-13)12-15-6-8-16(9-7-15)21(28)23-11-19(27)17-4-3-5-18(22)10-17/h3-10,19,27H,11-12H2,1-2H3,(H,23,28). The van der Waals surface area contributed by atoms with Gasteiger partial charge in [-0.05, 0) is 49.2 Å². The van der Waals surface area contributed by atoms with Crippen LogP contribution in [0.2, 0.25) is 0 Å². The quantitative estimate of drug-likeness (QED) is 0.458. The Morgan fingerprint density at radius 2 is 1.97 bits per heavy atom. The molecule has 0 spiro atoms. The van der Waals surface area contributed by atoms with Crippen LogP contribution < -0.4 is 5.32 Å². The van der Waals surface area contributed by atoms with Gasteiger partial charge in [-0.15, -0.1) is 0 Å². The summed E-state index contributed by atoms with van der Waals surface area (Å²) in [5, 5.41) is 28.0. The van der Waals surface area contributed by atoms with Crippen LogP contribution in [0.4, 0.5) is 10.1 Å². The van der Waals surface area contributed by atoms with Gasteiger partial charge in [-0.1, -0.05) is 24.3 Å². The lowest BCUT2D eigenvalue weighted by atomic mass is 10.1. The third-order valence-corrected chi connectivity index (χ3v) is 4.76. The second-order valence-corrected chi connectivity index (χ2v) is 6.91. The van der Waals surface area contributed by atoms with Crippen molar-refractivity contribution in [3.8, 4) is 0 Å². The number of nitrogens with one attached hydrogen (secondary N) is 1. The number of aliphatic hydroxyl groups is 1. The van der Waals surface area contributed by atoms with Gasteiger partial charge in [0.25, 0.3) is 5.91 Å². The molecule has 0 aliphatic rings. The Bertz CT molecular complexity index is 1080. The molecule has 0 fully saturated rings. The average molecular weight is 412 g/mol. The van der Waals surface area contributed by atoms with E-state index in [2.05, 4.69) is 10.4 Å². The van der Waals surface area contributed by atoms with Gasteiger partial charge in [0.2, 0.25) is 0 Å². The number of benzene rings is 2. The summed E-state index contributed by atoms with van der Waals surface area (Å²) in [5.74, 6) is -0.833. The molecule has 0 aliphatic carbocycles. The minimum atomic E-state index is -1.02. The molecule has 9 heteroatoms. The number of nitrogens with zero attached hydrogens (tertiary/aromatic N) is 3. The van der Waals surface area contributed by atoms with Crippen LogP contribution in [0.1, 0.15) is 39.0 Å². The highest BCUT2D eigenvalue weighted by atomic mass is 19.1. The zero-order valence-electron chi connectivity index (χ0n) is 16.5. The van der Waals surface area contributed by atoms with Crippen molar-refractivity contribution in [3.05, 3.63) is 92.5 Å². The number of aromatic nitrogens is 2. The van der Waals surface area contributed by atoms with E-state index in [1.165, 1.54) is 18.2 Å². The van der Waals surface area contributed by atoms with Crippen molar-refractivity contribution in [2.75, 3.05) is 6.54 Å². The summed E-state index contributed by atoms with van der Waals surface area (Å²) in [5.41, 5.74) is 2.42. The van der Waals surface area contributed by atoms with Crippen LogP contribution in [0.5, 0.6) is 0 Å². The van der Waals surface area contributed by atoms with Crippen molar-refractivity contribution in [3.63, 3.8) is 0 Å². The van der Waals surface area contributed by atoms with Crippen LogP contribution in [0.25, 0.3) is 0 Å². The van der Waals surface area contributed by atoms with Crippen LogP contribution in [0.15, 0.2) is 48.5 Å². The van der Waals surface area contributed by atoms with Crippen molar-refractivity contribution in [1.29, 1.82) is 0 Å². The minimum absolute atomic E-state index is 0.00264. The molecule has 3 aromatic rings. The number of hydrogen-bond acceptors (Lipinski definition) is 5. The highest BCUT2D eigenvalue weighted by Crippen LogP contribution is 2.22. The monoisotopic (exact) mass is 412 g/mol. The maximum Gasteiger partial charge on any atom is 0.312 e. The molecule has 0 saturated heterocycles. The second-order valence-electron chi connectivity index (χ2n) is 6.91. The summed E-state index contributed by atoms with van der Waals surface area (Å²) < 4.78 is 14.8. The Kier molecular flexibility index (Phi) is 6.22. The summed E-state index contributed by atoms with van der Waals surface area (Å²) in [6, 6.07) is 12.3. The molecule has 1 atom stereocenters. The fourth-order valence-electron chi connectivity index (χ4n) is 3.16. The summed E-state index contributed by atoms with van der Waals surface area (Å²) in [7, 11) is 0. The highest BCUT2D eigenvalue weighted by molar-refractivity contribution is 5.94. The van der Waals surface area contributed by atoms with Crippen LogP contribution >= 0.6 is 0 Å². The Morgan fingerprint density at radius 3 is 2.57 bits per heavy atom. The number of nitro groups is 1. The third kappa shape index (κ3) is 4.69. The molecule has 0 radical (unpaired) electrons. The number of rotatable bonds is 7. The summed E-state index contributed by atoms with van der Waals surface area (Å²) >= 11 is 0. The molecule has 156 valence electrons. The van der Waals surface area contributed by atoms with E-state index >= 15 is 0 Å². The Morgan fingerprint density at radius 1 is 1.27 bits per heavy atom. The predicted octanol–water partition coefficient (Wildman–Crippen LogP) is 3.06. The number of carbonyl (C=O) groups excluding carboxylic acids is 1. The van der Waals surface area contributed by atoms with E-state index in [0.29, 0.717) is 29.1 Å². The fraction of sp³-hybridized carbons (Fsp3) is 0.238. The molecule has 30 heavy (non-hydrogen) atoms. The van der Waals surface area contributed by atoms with Gasteiger partial charge in [-0.25, -0.2) is 4.39 Å². The normalized spacial score (nSPS) is 11.9. The first-order valence-corrected chi connectivity index (χ1v) is 9.25. The molecular formula is C21H21FN4O4. The van der Waals surface area contributed by atoms with Crippen LogP contribution in [0.3, 0.4) is 0 Å². The molecule has 2 N–H and O–H groups in total. The van der Waals surface area contributed by atoms with E-state index in [-0.39, 0.29) is 18.1 Å².